The molecule has 0 spiro atoms. The third kappa shape index (κ3) is 7.23. The summed E-state index contributed by atoms with van der Waals surface area (Å²) >= 11 is 0. The zero-order valence-electron chi connectivity index (χ0n) is 23.0. The first-order chi connectivity index (χ1) is 18.9. The van der Waals surface area contributed by atoms with Crippen LogP contribution in [0.3, 0.4) is 0 Å². The van der Waals surface area contributed by atoms with Crippen LogP contribution in [0.5, 0.6) is 0 Å². The fourth-order valence-electron chi connectivity index (χ4n) is 4.01. The minimum Gasteiger partial charge on any atom is -0.352 e. The zero-order valence-corrected chi connectivity index (χ0v) is 23.8. The number of amides is 2. The number of nitro groups is 1. The smallest absolute Gasteiger partial charge is 0.269 e. The molecular weight excluding hydrogens is 532 g/mol. The van der Waals surface area contributed by atoms with Crippen molar-refractivity contribution in [2.75, 3.05) is 10.8 Å². The van der Waals surface area contributed by atoms with Crippen molar-refractivity contribution >= 4 is 33.2 Å². The number of nitrogens with zero attached hydrogens (tertiary/aromatic N) is 3. The number of carbonyl (C=O) groups is 2. The van der Waals surface area contributed by atoms with Crippen LogP contribution >= 0.6 is 0 Å². The molecule has 10 nitrogen and oxygen atoms in total. The Kier molecular flexibility index (Phi) is 10.0. The van der Waals surface area contributed by atoms with Gasteiger partial charge in [0.2, 0.25) is 11.8 Å². The largest absolute Gasteiger partial charge is 0.352 e. The highest BCUT2D eigenvalue weighted by atomic mass is 32.2. The lowest BCUT2D eigenvalue weighted by molar-refractivity contribution is -0.384. The van der Waals surface area contributed by atoms with Crippen molar-refractivity contribution in [3.63, 3.8) is 0 Å². The maximum Gasteiger partial charge on any atom is 0.269 e. The number of benzene rings is 3. The van der Waals surface area contributed by atoms with Crippen molar-refractivity contribution in [1.29, 1.82) is 0 Å². The number of anilines is 1. The molecule has 3 aromatic carbocycles. The van der Waals surface area contributed by atoms with Gasteiger partial charge in [0.25, 0.3) is 15.7 Å². The van der Waals surface area contributed by atoms with E-state index in [2.05, 4.69) is 5.32 Å². The van der Waals surface area contributed by atoms with Crippen LogP contribution in [0.15, 0.2) is 83.8 Å². The van der Waals surface area contributed by atoms with E-state index in [0.717, 1.165) is 15.4 Å². The van der Waals surface area contributed by atoms with E-state index in [9.17, 15) is 28.1 Å². The lowest BCUT2D eigenvalue weighted by atomic mass is 10.1. The first-order valence-corrected chi connectivity index (χ1v) is 14.4. The standard InChI is InChI=1S/C29H34N4O6S/c1-5-22(3)30-29(35)23(4)31(19-24-12-10-9-11-21(24)2)28(34)20-32(25-15-17-26(18-16-25)33(36)37)40(38,39)27-13-7-6-8-14-27/h6-18,22-23H,5,19-20H2,1-4H3,(H,30,35)/t22-,23+/m1/s1. The summed E-state index contributed by atoms with van der Waals surface area (Å²) in [6.07, 6.45) is 0.702. The third-order valence-electron chi connectivity index (χ3n) is 6.73. The minimum absolute atomic E-state index is 0.0471. The number of hydrogen-bond donors (Lipinski definition) is 1. The monoisotopic (exact) mass is 566 g/mol. The first kappa shape index (κ1) is 30.3. The molecule has 2 amide bonds. The van der Waals surface area contributed by atoms with Gasteiger partial charge in [-0.15, -0.1) is 0 Å². The van der Waals surface area contributed by atoms with Crippen LogP contribution in [0, 0.1) is 17.0 Å². The SMILES string of the molecule is CC[C@@H](C)NC(=O)[C@H](C)N(Cc1ccccc1C)C(=O)CN(c1ccc([N+](=O)[O-])cc1)S(=O)(=O)c1ccccc1. The number of sulfonamides is 1. The normalized spacial score (nSPS) is 12.7. The van der Waals surface area contributed by atoms with Crippen LogP contribution in [0.25, 0.3) is 0 Å². The molecule has 2 atom stereocenters. The van der Waals surface area contributed by atoms with Crippen LogP contribution in [0.2, 0.25) is 0 Å². The van der Waals surface area contributed by atoms with Gasteiger partial charge in [-0.25, -0.2) is 8.42 Å². The summed E-state index contributed by atoms with van der Waals surface area (Å²) in [6, 6.07) is 19.0. The molecule has 3 rings (SSSR count). The Morgan fingerprint density at radius 1 is 0.950 bits per heavy atom. The molecule has 0 fully saturated rings. The molecule has 0 heterocycles. The number of rotatable bonds is 12. The van der Waals surface area contributed by atoms with Crippen LogP contribution in [-0.4, -0.2) is 48.7 Å². The van der Waals surface area contributed by atoms with Crippen LogP contribution in [-0.2, 0) is 26.2 Å². The highest BCUT2D eigenvalue weighted by Gasteiger charge is 2.33. The Balaban J connectivity index is 2.04. The molecule has 0 aliphatic heterocycles. The van der Waals surface area contributed by atoms with E-state index in [-0.39, 0.29) is 34.8 Å². The number of carbonyl (C=O) groups excluding carboxylic acids is 2. The maximum atomic E-state index is 13.9. The highest BCUT2D eigenvalue weighted by molar-refractivity contribution is 7.92. The Labute approximate surface area is 234 Å². The topological polar surface area (TPSA) is 130 Å². The van der Waals surface area contributed by atoms with Gasteiger partial charge in [0.15, 0.2) is 0 Å². The quantitative estimate of drug-likeness (QED) is 0.255. The van der Waals surface area contributed by atoms with Gasteiger partial charge in [0.05, 0.1) is 15.5 Å². The molecule has 40 heavy (non-hydrogen) atoms. The zero-order chi connectivity index (χ0) is 29.4. The van der Waals surface area contributed by atoms with E-state index in [1.165, 1.54) is 41.3 Å². The van der Waals surface area contributed by atoms with Gasteiger partial charge in [-0.05, 0) is 62.6 Å². The second-order valence-corrected chi connectivity index (χ2v) is 11.4. The molecule has 0 unspecified atom stereocenters. The third-order valence-corrected chi connectivity index (χ3v) is 8.52. The molecule has 1 N–H and O–H groups in total. The fraction of sp³-hybridized carbons (Fsp3) is 0.310. The summed E-state index contributed by atoms with van der Waals surface area (Å²) in [5.41, 5.74) is 1.59. The Morgan fingerprint density at radius 2 is 1.55 bits per heavy atom. The Bertz CT molecular complexity index is 1440. The van der Waals surface area contributed by atoms with E-state index in [1.807, 2.05) is 45.0 Å². The van der Waals surface area contributed by atoms with Crippen molar-refractivity contribution in [2.45, 2.75) is 57.6 Å². The summed E-state index contributed by atoms with van der Waals surface area (Å²) in [4.78, 5) is 38.9. The second kappa shape index (κ2) is 13.2. The Morgan fingerprint density at radius 3 is 2.12 bits per heavy atom. The average molecular weight is 567 g/mol. The number of nitrogens with one attached hydrogen (secondary N) is 1. The van der Waals surface area contributed by atoms with Crippen molar-refractivity contribution in [3.05, 3.63) is 100 Å². The minimum atomic E-state index is -4.25. The van der Waals surface area contributed by atoms with Gasteiger partial charge in [0, 0.05) is 24.7 Å². The molecule has 0 bridgehead atoms. The average Bonchev–Trinajstić information content (AvgIpc) is 2.95. The van der Waals surface area contributed by atoms with Gasteiger partial charge < -0.3 is 10.2 Å². The van der Waals surface area contributed by atoms with Gasteiger partial charge in [-0.1, -0.05) is 49.4 Å². The van der Waals surface area contributed by atoms with E-state index in [0.29, 0.717) is 6.42 Å². The number of aryl methyl sites for hydroxylation is 1. The second-order valence-electron chi connectivity index (χ2n) is 9.54. The predicted molar refractivity (Wildman–Crippen MR) is 153 cm³/mol. The van der Waals surface area contributed by atoms with Crippen molar-refractivity contribution in [1.82, 2.24) is 10.2 Å². The van der Waals surface area contributed by atoms with Crippen molar-refractivity contribution in [2.24, 2.45) is 0 Å². The molecule has 0 saturated heterocycles. The van der Waals surface area contributed by atoms with Gasteiger partial charge in [0.1, 0.15) is 12.6 Å². The maximum absolute atomic E-state index is 13.9. The molecular formula is C29H34N4O6S. The van der Waals surface area contributed by atoms with E-state index in [1.54, 1.807) is 25.1 Å². The molecule has 0 saturated carbocycles. The number of nitro benzene ring substituents is 1. The van der Waals surface area contributed by atoms with Crippen LogP contribution in [0.1, 0.15) is 38.3 Å². The van der Waals surface area contributed by atoms with Crippen molar-refractivity contribution < 1.29 is 22.9 Å². The number of hydrogen-bond acceptors (Lipinski definition) is 6. The lowest BCUT2D eigenvalue weighted by Gasteiger charge is -2.32. The molecule has 0 aliphatic carbocycles. The summed E-state index contributed by atoms with van der Waals surface area (Å²) in [7, 11) is -4.25. The van der Waals surface area contributed by atoms with E-state index < -0.39 is 33.4 Å². The van der Waals surface area contributed by atoms with E-state index >= 15 is 0 Å². The summed E-state index contributed by atoms with van der Waals surface area (Å²) in [5, 5.41) is 14.1. The first-order valence-electron chi connectivity index (χ1n) is 12.9. The summed E-state index contributed by atoms with van der Waals surface area (Å²) < 4.78 is 28.4. The van der Waals surface area contributed by atoms with Gasteiger partial charge in [-0.3, -0.25) is 24.0 Å². The lowest BCUT2D eigenvalue weighted by Crippen LogP contribution is -2.52. The molecule has 0 aliphatic rings. The van der Waals surface area contributed by atoms with Gasteiger partial charge in [-0.2, -0.15) is 0 Å². The Hall–Kier alpha value is -4.25. The molecule has 0 aromatic heterocycles. The summed E-state index contributed by atoms with van der Waals surface area (Å²) in [6.45, 7) is 6.76. The van der Waals surface area contributed by atoms with Gasteiger partial charge >= 0.3 is 0 Å². The van der Waals surface area contributed by atoms with E-state index in [4.69, 9.17) is 0 Å². The molecule has 0 radical (unpaired) electrons. The fourth-order valence-corrected chi connectivity index (χ4v) is 5.44. The molecule has 11 heteroatoms. The number of non-ortho nitro benzene ring substituents is 1. The predicted octanol–water partition coefficient (Wildman–Crippen LogP) is 4.43. The summed E-state index contributed by atoms with van der Waals surface area (Å²) in [5.74, 6) is -0.961. The van der Waals surface area contributed by atoms with Crippen LogP contribution in [0.4, 0.5) is 11.4 Å². The van der Waals surface area contributed by atoms with Crippen LogP contribution < -0.4 is 9.62 Å². The molecule has 212 valence electrons. The van der Waals surface area contributed by atoms with Crippen molar-refractivity contribution in [3.8, 4) is 0 Å². The molecule has 3 aromatic rings. The highest BCUT2D eigenvalue weighted by Crippen LogP contribution is 2.26.